The van der Waals surface area contributed by atoms with Gasteiger partial charge in [0.2, 0.25) is 5.91 Å². The van der Waals surface area contributed by atoms with Crippen molar-refractivity contribution in [3.63, 3.8) is 0 Å². The third-order valence-corrected chi connectivity index (χ3v) is 5.65. The molecule has 5 rings (SSSR count). The molecule has 32 heavy (non-hydrogen) atoms. The maximum absolute atomic E-state index is 13.4. The van der Waals surface area contributed by atoms with Crippen molar-refractivity contribution < 1.29 is 9.18 Å². The lowest BCUT2D eigenvalue weighted by Gasteiger charge is -2.13. The molecule has 2 N–H and O–H groups in total. The number of pyridine rings is 1. The standard InChI is InChI=1S/C25H22FN5O/c1-16(25-30-29-22-8-4-5-15-31(22)25)27-23(32)14-13-20-19-6-2-3-7-21(19)28-24(20)17-9-11-18(26)12-10-17/h2-12,15-16,28H,13-14H2,1H3,(H,27,32). The number of hydrogen-bond donors (Lipinski definition) is 2. The summed E-state index contributed by atoms with van der Waals surface area (Å²) in [4.78, 5) is 16.2. The fraction of sp³-hybridized carbons (Fsp3) is 0.160. The minimum absolute atomic E-state index is 0.0690. The summed E-state index contributed by atoms with van der Waals surface area (Å²) in [5, 5.41) is 12.5. The maximum atomic E-state index is 13.4. The number of para-hydroxylation sites is 1. The van der Waals surface area contributed by atoms with E-state index in [0.717, 1.165) is 33.4 Å². The highest BCUT2D eigenvalue weighted by atomic mass is 19.1. The molecule has 0 aliphatic heterocycles. The molecule has 6 nitrogen and oxygen atoms in total. The second kappa shape index (κ2) is 8.26. The lowest BCUT2D eigenvalue weighted by molar-refractivity contribution is -0.121. The average Bonchev–Trinajstić information content (AvgIpc) is 3.40. The number of nitrogens with zero attached hydrogens (tertiary/aromatic N) is 3. The Hall–Kier alpha value is -4.00. The molecule has 0 radical (unpaired) electrons. The Kier molecular flexibility index (Phi) is 5.15. The van der Waals surface area contributed by atoms with E-state index in [4.69, 9.17) is 0 Å². The Balaban J connectivity index is 1.36. The van der Waals surface area contributed by atoms with Crippen molar-refractivity contribution >= 4 is 22.5 Å². The van der Waals surface area contributed by atoms with Crippen molar-refractivity contribution in [2.75, 3.05) is 0 Å². The summed E-state index contributed by atoms with van der Waals surface area (Å²) in [6, 6.07) is 19.8. The predicted octanol–water partition coefficient (Wildman–Crippen LogP) is 4.83. The Bertz CT molecular complexity index is 1400. The van der Waals surface area contributed by atoms with Gasteiger partial charge in [0.05, 0.1) is 6.04 Å². The first kappa shape index (κ1) is 19.9. The second-order valence-corrected chi connectivity index (χ2v) is 7.81. The average molecular weight is 427 g/mol. The first-order valence-electron chi connectivity index (χ1n) is 10.5. The number of hydrogen-bond acceptors (Lipinski definition) is 3. The van der Waals surface area contributed by atoms with Crippen LogP contribution in [0.1, 0.15) is 30.8 Å². The lowest BCUT2D eigenvalue weighted by Crippen LogP contribution is -2.28. The number of aryl methyl sites for hydroxylation is 1. The minimum Gasteiger partial charge on any atom is -0.354 e. The summed E-state index contributed by atoms with van der Waals surface area (Å²) in [5.74, 6) is 0.342. The summed E-state index contributed by atoms with van der Waals surface area (Å²) in [7, 11) is 0. The molecule has 0 saturated carbocycles. The van der Waals surface area contributed by atoms with Gasteiger partial charge in [-0.15, -0.1) is 10.2 Å². The van der Waals surface area contributed by atoms with Gasteiger partial charge in [-0.25, -0.2) is 4.39 Å². The van der Waals surface area contributed by atoms with Crippen molar-refractivity contribution in [2.45, 2.75) is 25.8 Å². The zero-order chi connectivity index (χ0) is 22.1. The summed E-state index contributed by atoms with van der Waals surface area (Å²) >= 11 is 0. The zero-order valence-corrected chi connectivity index (χ0v) is 17.5. The number of H-pyrrole nitrogens is 1. The van der Waals surface area contributed by atoms with E-state index in [1.807, 2.05) is 60.0 Å². The molecule has 0 spiro atoms. The molecule has 0 saturated heterocycles. The van der Waals surface area contributed by atoms with Crippen LogP contribution < -0.4 is 5.32 Å². The van der Waals surface area contributed by atoms with Crippen LogP contribution in [-0.4, -0.2) is 25.5 Å². The Morgan fingerprint density at radius 3 is 2.69 bits per heavy atom. The molecular weight excluding hydrogens is 405 g/mol. The molecule has 0 aliphatic rings. The van der Waals surface area contributed by atoms with Crippen molar-refractivity contribution in [3.8, 4) is 11.3 Å². The summed E-state index contributed by atoms with van der Waals surface area (Å²) < 4.78 is 15.3. The number of amides is 1. The summed E-state index contributed by atoms with van der Waals surface area (Å²) in [5.41, 5.74) is 4.58. The van der Waals surface area contributed by atoms with Crippen LogP contribution in [0.25, 0.3) is 27.8 Å². The number of aromatic nitrogens is 4. The highest BCUT2D eigenvalue weighted by Crippen LogP contribution is 2.31. The van der Waals surface area contributed by atoms with Crippen LogP contribution in [-0.2, 0) is 11.2 Å². The number of halogens is 1. The van der Waals surface area contributed by atoms with E-state index in [1.165, 1.54) is 12.1 Å². The zero-order valence-electron chi connectivity index (χ0n) is 17.5. The van der Waals surface area contributed by atoms with E-state index in [-0.39, 0.29) is 17.8 Å². The number of aromatic amines is 1. The highest BCUT2D eigenvalue weighted by Gasteiger charge is 2.18. The normalized spacial score (nSPS) is 12.3. The van der Waals surface area contributed by atoms with Gasteiger partial charge in [-0.2, -0.15) is 0 Å². The number of carbonyl (C=O) groups excluding carboxylic acids is 1. The molecule has 1 amide bonds. The topological polar surface area (TPSA) is 75.1 Å². The molecule has 0 aliphatic carbocycles. The Morgan fingerprint density at radius 1 is 1.06 bits per heavy atom. The molecule has 3 aromatic heterocycles. The molecule has 160 valence electrons. The monoisotopic (exact) mass is 427 g/mol. The number of fused-ring (bicyclic) bond motifs is 2. The van der Waals surface area contributed by atoms with Crippen molar-refractivity contribution in [3.05, 3.63) is 90.1 Å². The van der Waals surface area contributed by atoms with E-state index >= 15 is 0 Å². The van der Waals surface area contributed by atoms with Gasteiger partial charge in [-0.1, -0.05) is 24.3 Å². The lowest BCUT2D eigenvalue weighted by atomic mass is 10.0. The quantitative estimate of drug-likeness (QED) is 0.408. The van der Waals surface area contributed by atoms with Crippen molar-refractivity contribution in [2.24, 2.45) is 0 Å². The maximum Gasteiger partial charge on any atom is 0.220 e. The first-order chi connectivity index (χ1) is 15.6. The fourth-order valence-electron chi connectivity index (χ4n) is 4.09. The van der Waals surface area contributed by atoms with Crippen molar-refractivity contribution in [1.82, 2.24) is 24.9 Å². The molecule has 0 bridgehead atoms. The van der Waals surface area contributed by atoms with E-state index in [1.54, 1.807) is 12.1 Å². The molecule has 5 aromatic rings. The van der Waals surface area contributed by atoms with Crippen LogP contribution in [0.15, 0.2) is 72.9 Å². The smallest absolute Gasteiger partial charge is 0.220 e. The van der Waals surface area contributed by atoms with Gasteiger partial charge in [0.15, 0.2) is 11.5 Å². The second-order valence-electron chi connectivity index (χ2n) is 7.81. The molecule has 1 unspecified atom stereocenters. The third kappa shape index (κ3) is 3.73. The van der Waals surface area contributed by atoms with Gasteiger partial charge < -0.3 is 10.3 Å². The summed E-state index contributed by atoms with van der Waals surface area (Å²) in [6.07, 6.45) is 2.75. The summed E-state index contributed by atoms with van der Waals surface area (Å²) in [6.45, 7) is 1.90. The van der Waals surface area contributed by atoms with E-state index in [0.29, 0.717) is 18.7 Å². The minimum atomic E-state index is -0.278. The van der Waals surface area contributed by atoms with Gasteiger partial charge in [-0.3, -0.25) is 9.20 Å². The number of nitrogens with one attached hydrogen (secondary N) is 2. The van der Waals surface area contributed by atoms with Gasteiger partial charge in [0.1, 0.15) is 5.82 Å². The molecule has 3 heterocycles. The van der Waals surface area contributed by atoms with E-state index in [9.17, 15) is 9.18 Å². The van der Waals surface area contributed by atoms with Gasteiger partial charge in [0, 0.05) is 29.2 Å². The van der Waals surface area contributed by atoms with Crippen LogP contribution in [0.4, 0.5) is 4.39 Å². The highest BCUT2D eigenvalue weighted by molar-refractivity contribution is 5.91. The van der Waals surface area contributed by atoms with Gasteiger partial charge in [-0.05, 0) is 66.9 Å². The van der Waals surface area contributed by atoms with Crippen LogP contribution in [0.5, 0.6) is 0 Å². The van der Waals surface area contributed by atoms with Crippen LogP contribution >= 0.6 is 0 Å². The molecule has 2 aromatic carbocycles. The van der Waals surface area contributed by atoms with Crippen LogP contribution in [0, 0.1) is 5.82 Å². The SMILES string of the molecule is CC(NC(=O)CCc1c(-c2ccc(F)cc2)[nH]c2ccccc12)c1nnc2ccccn12. The number of rotatable bonds is 6. The van der Waals surface area contributed by atoms with E-state index < -0.39 is 0 Å². The molecule has 7 heteroatoms. The van der Waals surface area contributed by atoms with Gasteiger partial charge >= 0.3 is 0 Å². The third-order valence-electron chi connectivity index (χ3n) is 5.65. The van der Waals surface area contributed by atoms with E-state index in [2.05, 4.69) is 20.5 Å². The predicted molar refractivity (Wildman–Crippen MR) is 122 cm³/mol. The Labute approximate surface area is 184 Å². The van der Waals surface area contributed by atoms with Crippen LogP contribution in [0.3, 0.4) is 0 Å². The molecule has 1 atom stereocenters. The van der Waals surface area contributed by atoms with Crippen LogP contribution in [0.2, 0.25) is 0 Å². The van der Waals surface area contributed by atoms with Gasteiger partial charge in [0.25, 0.3) is 0 Å². The fourth-order valence-corrected chi connectivity index (χ4v) is 4.09. The molecular formula is C25H22FN5O. The first-order valence-corrected chi connectivity index (χ1v) is 10.5. The Morgan fingerprint density at radius 2 is 1.84 bits per heavy atom. The number of carbonyl (C=O) groups is 1. The molecule has 0 fully saturated rings. The van der Waals surface area contributed by atoms with Crippen molar-refractivity contribution in [1.29, 1.82) is 0 Å². The largest absolute Gasteiger partial charge is 0.354 e. The number of benzene rings is 2.